The predicted octanol–water partition coefficient (Wildman–Crippen LogP) is 2.98. The minimum Gasteiger partial charge on any atom is -0.360 e. The number of nitrogens with one attached hydrogen (secondary N) is 1. The molecule has 0 spiro atoms. The van der Waals surface area contributed by atoms with E-state index < -0.39 is 0 Å². The summed E-state index contributed by atoms with van der Waals surface area (Å²) in [5.41, 5.74) is 1.47. The van der Waals surface area contributed by atoms with Gasteiger partial charge in [0.25, 0.3) is 0 Å². The molecular formula is C16H22N2S. The average Bonchev–Trinajstić information content (AvgIpc) is 3.25. The summed E-state index contributed by atoms with van der Waals surface area (Å²) in [6.07, 6.45) is 6.34. The molecule has 102 valence electrons. The summed E-state index contributed by atoms with van der Waals surface area (Å²) < 4.78 is 0. The zero-order chi connectivity index (χ0) is 13.1. The van der Waals surface area contributed by atoms with Crippen molar-refractivity contribution in [1.29, 1.82) is 0 Å². The molecule has 3 rings (SSSR count). The van der Waals surface area contributed by atoms with E-state index in [4.69, 9.17) is 12.2 Å². The molecule has 0 amide bonds. The Balaban J connectivity index is 1.45. The smallest absolute Gasteiger partial charge is 0.169 e. The van der Waals surface area contributed by atoms with Crippen molar-refractivity contribution < 1.29 is 0 Å². The van der Waals surface area contributed by atoms with Gasteiger partial charge in [0.2, 0.25) is 0 Å². The van der Waals surface area contributed by atoms with E-state index in [-0.39, 0.29) is 0 Å². The lowest BCUT2D eigenvalue weighted by atomic mass is 9.90. The topological polar surface area (TPSA) is 15.3 Å². The SMILES string of the molecule is S=C(NC1CC1)N1CCC(Cc2ccccc2)CC1. The van der Waals surface area contributed by atoms with E-state index in [1.807, 2.05) is 0 Å². The number of hydrogen-bond acceptors (Lipinski definition) is 1. The molecule has 0 radical (unpaired) electrons. The predicted molar refractivity (Wildman–Crippen MR) is 83.2 cm³/mol. The van der Waals surface area contributed by atoms with Gasteiger partial charge in [0.15, 0.2) is 5.11 Å². The van der Waals surface area contributed by atoms with Crippen LogP contribution in [0, 0.1) is 5.92 Å². The summed E-state index contributed by atoms with van der Waals surface area (Å²) in [7, 11) is 0. The van der Waals surface area contributed by atoms with Crippen molar-refractivity contribution in [2.24, 2.45) is 5.92 Å². The number of thiocarbonyl (C=S) groups is 1. The number of benzene rings is 1. The van der Waals surface area contributed by atoms with Crippen LogP contribution in [0.1, 0.15) is 31.2 Å². The zero-order valence-corrected chi connectivity index (χ0v) is 12.2. The molecular weight excluding hydrogens is 252 g/mol. The summed E-state index contributed by atoms with van der Waals surface area (Å²) in [6.45, 7) is 2.24. The van der Waals surface area contributed by atoms with Crippen LogP contribution < -0.4 is 5.32 Å². The van der Waals surface area contributed by atoms with Gasteiger partial charge in [-0.3, -0.25) is 0 Å². The summed E-state index contributed by atoms with van der Waals surface area (Å²) in [4.78, 5) is 2.36. The lowest BCUT2D eigenvalue weighted by Crippen LogP contribution is -2.45. The highest BCUT2D eigenvalue weighted by atomic mass is 32.1. The van der Waals surface area contributed by atoms with Crippen molar-refractivity contribution in [3.05, 3.63) is 35.9 Å². The maximum Gasteiger partial charge on any atom is 0.169 e. The Morgan fingerprint density at radius 1 is 1.11 bits per heavy atom. The Morgan fingerprint density at radius 3 is 2.42 bits per heavy atom. The van der Waals surface area contributed by atoms with E-state index in [2.05, 4.69) is 40.5 Å². The van der Waals surface area contributed by atoms with Crippen molar-refractivity contribution >= 4 is 17.3 Å². The number of rotatable bonds is 3. The van der Waals surface area contributed by atoms with Gasteiger partial charge in [0.05, 0.1) is 0 Å². The molecule has 1 heterocycles. The molecule has 1 aliphatic heterocycles. The second kappa shape index (κ2) is 5.91. The molecule has 1 aliphatic carbocycles. The fourth-order valence-electron chi connectivity index (χ4n) is 2.78. The van der Waals surface area contributed by atoms with E-state index in [0.717, 1.165) is 24.1 Å². The van der Waals surface area contributed by atoms with Crippen LogP contribution in [0.15, 0.2) is 30.3 Å². The van der Waals surface area contributed by atoms with Crippen LogP contribution >= 0.6 is 12.2 Å². The molecule has 2 fully saturated rings. The summed E-state index contributed by atoms with van der Waals surface area (Å²) in [5, 5.41) is 4.43. The quantitative estimate of drug-likeness (QED) is 0.853. The highest BCUT2D eigenvalue weighted by Gasteiger charge is 2.26. The number of nitrogens with zero attached hydrogens (tertiary/aromatic N) is 1. The Bertz CT molecular complexity index is 420. The molecule has 1 saturated heterocycles. The van der Waals surface area contributed by atoms with Gasteiger partial charge in [-0.05, 0) is 55.8 Å². The number of likely N-dealkylation sites (tertiary alicyclic amines) is 1. The van der Waals surface area contributed by atoms with E-state index >= 15 is 0 Å². The molecule has 19 heavy (non-hydrogen) atoms. The highest BCUT2D eigenvalue weighted by molar-refractivity contribution is 7.80. The third-order valence-corrected chi connectivity index (χ3v) is 4.55. The molecule has 2 aliphatic rings. The Kier molecular flexibility index (Phi) is 4.02. The van der Waals surface area contributed by atoms with Crippen LogP contribution in [0.3, 0.4) is 0 Å². The third-order valence-electron chi connectivity index (χ3n) is 4.17. The number of piperidine rings is 1. The van der Waals surface area contributed by atoms with Crippen LogP contribution in [-0.4, -0.2) is 29.1 Å². The maximum absolute atomic E-state index is 5.47. The van der Waals surface area contributed by atoms with Crippen molar-refractivity contribution in [2.45, 2.75) is 38.1 Å². The van der Waals surface area contributed by atoms with Crippen molar-refractivity contribution in [3.63, 3.8) is 0 Å². The van der Waals surface area contributed by atoms with Gasteiger partial charge in [0.1, 0.15) is 0 Å². The summed E-state index contributed by atoms with van der Waals surface area (Å²) in [5.74, 6) is 0.822. The van der Waals surface area contributed by atoms with Crippen molar-refractivity contribution in [1.82, 2.24) is 10.2 Å². The zero-order valence-electron chi connectivity index (χ0n) is 11.3. The largest absolute Gasteiger partial charge is 0.360 e. The Hall–Kier alpha value is -1.09. The standard InChI is InChI=1S/C16H22N2S/c19-16(17-15-6-7-15)18-10-8-14(9-11-18)12-13-4-2-1-3-5-13/h1-5,14-15H,6-12H2,(H,17,19). The van der Waals surface area contributed by atoms with Crippen molar-refractivity contribution in [3.8, 4) is 0 Å². The van der Waals surface area contributed by atoms with Gasteiger partial charge in [-0.2, -0.15) is 0 Å². The minimum atomic E-state index is 0.676. The van der Waals surface area contributed by atoms with E-state index in [1.54, 1.807) is 0 Å². The highest BCUT2D eigenvalue weighted by Crippen LogP contribution is 2.23. The molecule has 1 N–H and O–H groups in total. The fourth-order valence-corrected chi connectivity index (χ4v) is 3.13. The molecule has 0 atom stereocenters. The number of hydrogen-bond donors (Lipinski definition) is 1. The van der Waals surface area contributed by atoms with Gasteiger partial charge in [-0.25, -0.2) is 0 Å². The first-order valence-corrected chi connectivity index (χ1v) is 7.81. The second-order valence-corrected chi connectivity index (χ2v) is 6.23. The van der Waals surface area contributed by atoms with E-state index in [9.17, 15) is 0 Å². The molecule has 1 aromatic rings. The molecule has 0 bridgehead atoms. The first-order chi connectivity index (χ1) is 9.31. The van der Waals surface area contributed by atoms with Crippen LogP contribution in [0.5, 0.6) is 0 Å². The van der Waals surface area contributed by atoms with Crippen LogP contribution in [-0.2, 0) is 6.42 Å². The van der Waals surface area contributed by atoms with Crippen molar-refractivity contribution in [2.75, 3.05) is 13.1 Å². The molecule has 0 unspecified atom stereocenters. The Morgan fingerprint density at radius 2 is 1.79 bits per heavy atom. The van der Waals surface area contributed by atoms with E-state index in [1.165, 1.54) is 37.7 Å². The maximum atomic E-state index is 5.47. The summed E-state index contributed by atoms with van der Waals surface area (Å²) >= 11 is 5.47. The second-order valence-electron chi connectivity index (χ2n) is 5.84. The molecule has 0 aromatic heterocycles. The third kappa shape index (κ3) is 3.69. The first kappa shape index (κ1) is 12.9. The van der Waals surface area contributed by atoms with Crippen LogP contribution in [0.25, 0.3) is 0 Å². The van der Waals surface area contributed by atoms with Crippen LogP contribution in [0.4, 0.5) is 0 Å². The summed E-state index contributed by atoms with van der Waals surface area (Å²) in [6, 6.07) is 11.5. The Labute approximate surface area is 121 Å². The first-order valence-electron chi connectivity index (χ1n) is 7.40. The normalized spacial score (nSPS) is 20.3. The minimum absolute atomic E-state index is 0.676. The van der Waals surface area contributed by atoms with Gasteiger partial charge in [0, 0.05) is 19.1 Å². The molecule has 1 saturated carbocycles. The van der Waals surface area contributed by atoms with Gasteiger partial charge in [-0.15, -0.1) is 0 Å². The molecule has 1 aromatic carbocycles. The van der Waals surface area contributed by atoms with E-state index in [0.29, 0.717) is 6.04 Å². The van der Waals surface area contributed by atoms with Gasteiger partial charge in [-0.1, -0.05) is 30.3 Å². The lowest BCUT2D eigenvalue weighted by Gasteiger charge is -2.34. The monoisotopic (exact) mass is 274 g/mol. The fraction of sp³-hybridized carbons (Fsp3) is 0.562. The molecule has 2 nitrogen and oxygen atoms in total. The molecule has 3 heteroatoms. The average molecular weight is 274 g/mol. The van der Waals surface area contributed by atoms with Gasteiger partial charge < -0.3 is 10.2 Å². The van der Waals surface area contributed by atoms with Crippen LogP contribution in [0.2, 0.25) is 0 Å². The lowest BCUT2D eigenvalue weighted by molar-refractivity contribution is 0.263. The van der Waals surface area contributed by atoms with Gasteiger partial charge >= 0.3 is 0 Å².